The van der Waals surface area contributed by atoms with E-state index in [4.69, 9.17) is 4.74 Å². The van der Waals surface area contributed by atoms with Gasteiger partial charge in [-0.3, -0.25) is 9.79 Å². The summed E-state index contributed by atoms with van der Waals surface area (Å²) in [7, 11) is 1.64. The van der Waals surface area contributed by atoms with Gasteiger partial charge in [0.05, 0.1) is 19.2 Å². The van der Waals surface area contributed by atoms with Gasteiger partial charge in [-0.05, 0) is 65.6 Å². The van der Waals surface area contributed by atoms with Gasteiger partial charge in [-0.1, -0.05) is 36.4 Å². The standard InChI is InChI=1S/C26H24FN3O2/c1-32-22-7-3-6-21(14-22)26(10-11-28-16-26)30-25(31)19-5-2-4-17(12-19)18-8-9-20-15-29-24(27)23(20)13-18/h2-9,12-14,28H,10-11,15-16H2,1H3,(H,30,31). The van der Waals surface area contributed by atoms with Gasteiger partial charge in [0.25, 0.3) is 5.91 Å². The Morgan fingerprint density at radius 3 is 2.75 bits per heavy atom. The van der Waals surface area contributed by atoms with Crippen LogP contribution in [0.1, 0.15) is 33.5 Å². The average molecular weight is 429 g/mol. The van der Waals surface area contributed by atoms with Crippen LogP contribution in [0.5, 0.6) is 5.75 Å². The fourth-order valence-corrected chi connectivity index (χ4v) is 4.49. The Bertz CT molecular complexity index is 1220. The number of amides is 1. The Morgan fingerprint density at radius 2 is 1.94 bits per heavy atom. The number of nitrogens with one attached hydrogen (secondary N) is 2. The molecule has 0 radical (unpaired) electrons. The topological polar surface area (TPSA) is 62.7 Å². The summed E-state index contributed by atoms with van der Waals surface area (Å²) in [4.78, 5) is 17.2. The number of fused-ring (bicyclic) bond motifs is 1. The molecule has 6 heteroatoms. The van der Waals surface area contributed by atoms with Gasteiger partial charge in [-0.25, -0.2) is 0 Å². The van der Waals surface area contributed by atoms with Gasteiger partial charge in [0.2, 0.25) is 5.97 Å². The lowest BCUT2D eigenvalue weighted by molar-refractivity contribution is 0.0904. The first-order chi connectivity index (χ1) is 15.6. The lowest BCUT2D eigenvalue weighted by Crippen LogP contribution is -2.47. The maximum Gasteiger partial charge on any atom is 0.252 e. The summed E-state index contributed by atoms with van der Waals surface area (Å²) in [6.07, 6.45) is 0.787. The van der Waals surface area contributed by atoms with Crippen LogP contribution in [-0.4, -0.2) is 32.1 Å². The highest BCUT2D eigenvalue weighted by Gasteiger charge is 2.37. The SMILES string of the molecule is COc1cccc(C2(NC(=O)c3cccc(-c4ccc5c(c4)C(F)=NC5)c3)CCNC2)c1. The molecule has 2 N–H and O–H groups in total. The van der Waals surface area contributed by atoms with Crippen molar-refractivity contribution >= 4 is 11.9 Å². The molecule has 0 saturated carbocycles. The molecule has 3 aromatic carbocycles. The molecule has 1 unspecified atom stereocenters. The molecule has 2 aliphatic rings. The van der Waals surface area contributed by atoms with Crippen LogP contribution >= 0.6 is 0 Å². The van der Waals surface area contributed by atoms with E-state index in [1.165, 1.54) is 0 Å². The number of carbonyl (C=O) groups excluding carboxylic acids is 1. The number of nitrogens with zero attached hydrogens (tertiary/aromatic N) is 1. The third kappa shape index (κ3) is 3.67. The summed E-state index contributed by atoms with van der Waals surface area (Å²) in [5.41, 5.74) is 4.21. The summed E-state index contributed by atoms with van der Waals surface area (Å²) in [5, 5.41) is 6.64. The van der Waals surface area contributed by atoms with Crippen LogP contribution < -0.4 is 15.4 Å². The number of halogens is 1. The minimum absolute atomic E-state index is 0.146. The average Bonchev–Trinajstić information content (AvgIpc) is 3.46. The van der Waals surface area contributed by atoms with E-state index < -0.39 is 11.5 Å². The molecule has 1 amide bonds. The van der Waals surface area contributed by atoms with Crippen molar-refractivity contribution in [2.45, 2.75) is 18.5 Å². The number of hydrogen-bond acceptors (Lipinski definition) is 4. The lowest BCUT2D eigenvalue weighted by atomic mass is 9.88. The van der Waals surface area contributed by atoms with Crippen molar-refractivity contribution in [2.75, 3.05) is 20.2 Å². The number of aliphatic imine (C=N–C) groups is 1. The Morgan fingerprint density at radius 1 is 1.09 bits per heavy atom. The summed E-state index contributed by atoms with van der Waals surface area (Å²) < 4.78 is 19.4. The molecule has 32 heavy (non-hydrogen) atoms. The second kappa shape index (κ2) is 8.20. The van der Waals surface area contributed by atoms with E-state index in [2.05, 4.69) is 15.6 Å². The summed E-state index contributed by atoms with van der Waals surface area (Å²) in [6, 6.07) is 20.9. The van der Waals surface area contributed by atoms with Crippen LogP contribution in [0.3, 0.4) is 0 Å². The maximum absolute atomic E-state index is 14.0. The minimum Gasteiger partial charge on any atom is -0.497 e. The first-order valence-electron chi connectivity index (χ1n) is 10.7. The van der Waals surface area contributed by atoms with Crippen LogP contribution in [0.15, 0.2) is 71.7 Å². The van der Waals surface area contributed by atoms with Crippen molar-refractivity contribution in [1.82, 2.24) is 10.6 Å². The molecule has 5 nitrogen and oxygen atoms in total. The molecule has 162 valence electrons. The van der Waals surface area contributed by atoms with E-state index in [-0.39, 0.29) is 5.91 Å². The Balaban J connectivity index is 1.43. The number of rotatable bonds is 5. The van der Waals surface area contributed by atoms with Gasteiger partial charge in [0.1, 0.15) is 5.75 Å². The molecule has 2 aliphatic heterocycles. The molecule has 1 fully saturated rings. The van der Waals surface area contributed by atoms with Gasteiger partial charge in [0, 0.05) is 17.7 Å². The van der Waals surface area contributed by atoms with Crippen LogP contribution in [0.25, 0.3) is 11.1 Å². The predicted octanol–water partition coefficient (Wildman–Crippen LogP) is 4.21. The molecule has 0 spiro atoms. The van der Waals surface area contributed by atoms with Gasteiger partial charge in [-0.2, -0.15) is 4.39 Å². The highest BCUT2D eigenvalue weighted by molar-refractivity contribution is 5.99. The fourth-order valence-electron chi connectivity index (χ4n) is 4.49. The molecule has 1 saturated heterocycles. The minimum atomic E-state index is -0.505. The number of methoxy groups -OCH3 is 1. The molecule has 3 aromatic rings. The van der Waals surface area contributed by atoms with Crippen molar-refractivity contribution in [2.24, 2.45) is 4.99 Å². The highest BCUT2D eigenvalue weighted by Crippen LogP contribution is 2.32. The quantitative estimate of drug-likeness (QED) is 0.639. The zero-order valence-corrected chi connectivity index (χ0v) is 17.8. The normalized spacial score (nSPS) is 19.4. The Kier molecular flexibility index (Phi) is 5.23. The van der Waals surface area contributed by atoms with Crippen molar-refractivity contribution in [3.8, 4) is 16.9 Å². The van der Waals surface area contributed by atoms with Crippen LogP contribution in [-0.2, 0) is 12.1 Å². The van der Waals surface area contributed by atoms with Gasteiger partial charge >= 0.3 is 0 Å². The smallest absolute Gasteiger partial charge is 0.252 e. The molecular weight excluding hydrogens is 405 g/mol. The molecular formula is C26H24FN3O2. The summed E-state index contributed by atoms with van der Waals surface area (Å²) >= 11 is 0. The lowest BCUT2D eigenvalue weighted by Gasteiger charge is -2.30. The second-order valence-electron chi connectivity index (χ2n) is 8.25. The third-order valence-electron chi connectivity index (χ3n) is 6.31. The predicted molar refractivity (Wildman–Crippen MR) is 123 cm³/mol. The van der Waals surface area contributed by atoms with E-state index in [9.17, 15) is 9.18 Å². The first-order valence-corrected chi connectivity index (χ1v) is 10.7. The first kappa shape index (κ1) is 20.4. The zero-order chi connectivity index (χ0) is 22.1. The maximum atomic E-state index is 14.0. The molecule has 1 atom stereocenters. The van der Waals surface area contributed by atoms with Crippen LogP contribution in [0, 0.1) is 0 Å². The van der Waals surface area contributed by atoms with E-state index in [0.717, 1.165) is 41.0 Å². The Hall–Kier alpha value is -3.51. The highest BCUT2D eigenvalue weighted by atomic mass is 19.1. The van der Waals surface area contributed by atoms with Gasteiger partial charge < -0.3 is 15.4 Å². The van der Waals surface area contributed by atoms with Crippen molar-refractivity contribution in [3.63, 3.8) is 0 Å². The van der Waals surface area contributed by atoms with Crippen molar-refractivity contribution < 1.29 is 13.9 Å². The second-order valence-corrected chi connectivity index (χ2v) is 8.25. The number of ether oxygens (including phenoxy) is 1. The van der Waals surface area contributed by atoms with E-state index >= 15 is 0 Å². The summed E-state index contributed by atoms with van der Waals surface area (Å²) in [5.74, 6) is 0.189. The van der Waals surface area contributed by atoms with Crippen LogP contribution in [0.4, 0.5) is 4.39 Å². The van der Waals surface area contributed by atoms with Crippen molar-refractivity contribution in [1.29, 1.82) is 0 Å². The van der Waals surface area contributed by atoms with Crippen molar-refractivity contribution in [3.05, 3.63) is 89.0 Å². The number of hydrogen-bond donors (Lipinski definition) is 2. The van der Waals surface area contributed by atoms with E-state index in [1.807, 2.05) is 54.6 Å². The monoisotopic (exact) mass is 429 g/mol. The Labute approximate surface area is 186 Å². The summed E-state index contributed by atoms with van der Waals surface area (Å²) in [6.45, 7) is 1.85. The molecule has 0 bridgehead atoms. The largest absolute Gasteiger partial charge is 0.497 e. The molecule has 2 heterocycles. The van der Waals surface area contributed by atoms with Gasteiger partial charge in [0.15, 0.2) is 0 Å². The number of carbonyl (C=O) groups is 1. The van der Waals surface area contributed by atoms with E-state index in [1.54, 1.807) is 19.2 Å². The molecule has 5 rings (SSSR count). The fraction of sp³-hybridized carbons (Fsp3) is 0.231. The third-order valence-corrected chi connectivity index (χ3v) is 6.31. The molecule has 0 aromatic heterocycles. The molecule has 0 aliphatic carbocycles. The zero-order valence-electron chi connectivity index (χ0n) is 17.8. The van der Waals surface area contributed by atoms with E-state index in [0.29, 0.717) is 24.2 Å². The van der Waals surface area contributed by atoms with Gasteiger partial charge in [-0.15, -0.1) is 0 Å². The van der Waals surface area contributed by atoms with Crippen LogP contribution in [0.2, 0.25) is 0 Å². The number of benzene rings is 3.